The van der Waals surface area contributed by atoms with Gasteiger partial charge in [0.1, 0.15) is 5.75 Å². The summed E-state index contributed by atoms with van der Waals surface area (Å²) in [5.41, 5.74) is 6.62. The number of hydrogen-bond acceptors (Lipinski definition) is 4. The smallest absolute Gasteiger partial charge is 0.417 e. The number of halogens is 2. The highest BCUT2D eigenvalue weighted by molar-refractivity contribution is 5.80. The number of benzene rings is 2. The summed E-state index contributed by atoms with van der Waals surface area (Å²) in [7, 11) is 0. The Kier molecular flexibility index (Phi) is 2.67. The standard InChI is InChI=1S/C13H8F2N2O3/c14-7-2-1-6(3-8(7)15)19-11-5-10-12(4-9(11)16)20-13(18)17-10/h1-5H,16H2,(H,17,18). The van der Waals surface area contributed by atoms with Crippen LogP contribution in [0.1, 0.15) is 0 Å². The largest absolute Gasteiger partial charge is 0.455 e. The minimum atomic E-state index is -1.03. The van der Waals surface area contributed by atoms with Crippen LogP contribution in [0.15, 0.2) is 39.5 Å². The van der Waals surface area contributed by atoms with Gasteiger partial charge in [-0.15, -0.1) is 0 Å². The minimum absolute atomic E-state index is 0.0841. The van der Waals surface area contributed by atoms with Crippen molar-refractivity contribution in [2.45, 2.75) is 0 Å². The summed E-state index contributed by atoms with van der Waals surface area (Å²) in [6.45, 7) is 0. The van der Waals surface area contributed by atoms with Gasteiger partial charge >= 0.3 is 5.76 Å². The fraction of sp³-hybridized carbons (Fsp3) is 0. The highest BCUT2D eigenvalue weighted by Gasteiger charge is 2.10. The zero-order valence-corrected chi connectivity index (χ0v) is 9.94. The van der Waals surface area contributed by atoms with Crippen LogP contribution in [0.3, 0.4) is 0 Å². The molecule has 0 amide bonds. The fourth-order valence-electron chi connectivity index (χ4n) is 1.75. The first kappa shape index (κ1) is 12.2. The number of oxazole rings is 1. The molecule has 2 aromatic carbocycles. The molecule has 7 heteroatoms. The van der Waals surface area contributed by atoms with Crippen LogP contribution in [0.25, 0.3) is 11.1 Å². The number of ether oxygens (including phenoxy) is 1. The maximum atomic E-state index is 13.1. The van der Waals surface area contributed by atoms with Crippen molar-refractivity contribution in [3.05, 3.63) is 52.5 Å². The number of anilines is 1. The first-order chi connectivity index (χ1) is 9.52. The molecule has 0 saturated carbocycles. The van der Waals surface area contributed by atoms with Crippen molar-refractivity contribution in [1.29, 1.82) is 0 Å². The maximum absolute atomic E-state index is 13.1. The van der Waals surface area contributed by atoms with Gasteiger partial charge in [-0.05, 0) is 12.1 Å². The summed E-state index contributed by atoms with van der Waals surface area (Å²) in [6, 6.07) is 5.95. The van der Waals surface area contributed by atoms with Crippen LogP contribution in [0.4, 0.5) is 14.5 Å². The number of rotatable bonds is 2. The number of hydrogen-bond donors (Lipinski definition) is 2. The molecule has 3 aromatic rings. The Bertz CT molecular complexity index is 854. The van der Waals surface area contributed by atoms with Gasteiger partial charge in [0, 0.05) is 18.2 Å². The summed E-state index contributed by atoms with van der Waals surface area (Å²) in [6.07, 6.45) is 0. The van der Waals surface area contributed by atoms with Crippen molar-refractivity contribution in [2.24, 2.45) is 0 Å². The SMILES string of the molecule is Nc1cc2oc(=O)[nH]c2cc1Oc1ccc(F)c(F)c1. The lowest BCUT2D eigenvalue weighted by Crippen LogP contribution is -1.94. The van der Waals surface area contributed by atoms with Gasteiger partial charge in [-0.3, -0.25) is 4.98 Å². The van der Waals surface area contributed by atoms with Gasteiger partial charge < -0.3 is 14.9 Å². The van der Waals surface area contributed by atoms with Crippen molar-refractivity contribution < 1.29 is 17.9 Å². The summed E-state index contributed by atoms with van der Waals surface area (Å²) in [5, 5.41) is 0. The normalized spacial score (nSPS) is 10.9. The van der Waals surface area contributed by atoms with Gasteiger partial charge in [-0.2, -0.15) is 0 Å². The number of nitrogens with one attached hydrogen (secondary N) is 1. The number of H-pyrrole nitrogens is 1. The van der Waals surface area contributed by atoms with E-state index in [-0.39, 0.29) is 22.8 Å². The second kappa shape index (κ2) is 4.37. The van der Waals surface area contributed by atoms with Crippen LogP contribution in [-0.2, 0) is 0 Å². The molecule has 0 radical (unpaired) electrons. The van der Waals surface area contributed by atoms with E-state index in [0.717, 1.165) is 12.1 Å². The van der Waals surface area contributed by atoms with Gasteiger partial charge in [0.25, 0.3) is 0 Å². The molecular formula is C13H8F2N2O3. The molecule has 0 unspecified atom stereocenters. The number of nitrogens with two attached hydrogens (primary N) is 1. The van der Waals surface area contributed by atoms with E-state index in [9.17, 15) is 13.6 Å². The average molecular weight is 278 g/mol. The van der Waals surface area contributed by atoms with E-state index in [2.05, 4.69) is 4.98 Å². The molecule has 3 N–H and O–H groups in total. The van der Waals surface area contributed by atoms with Crippen molar-refractivity contribution in [2.75, 3.05) is 5.73 Å². The van der Waals surface area contributed by atoms with Gasteiger partial charge in [-0.25, -0.2) is 13.6 Å². The minimum Gasteiger partial charge on any atom is -0.455 e. The van der Waals surface area contributed by atoms with E-state index in [1.54, 1.807) is 0 Å². The Morgan fingerprint density at radius 1 is 1.15 bits per heavy atom. The summed E-state index contributed by atoms with van der Waals surface area (Å²) < 4.78 is 36.1. The van der Waals surface area contributed by atoms with Crippen LogP contribution in [-0.4, -0.2) is 4.98 Å². The highest BCUT2D eigenvalue weighted by Crippen LogP contribution is 2.31. The zero-order chi connectivity index (χ0) is 14.3. The molecule has 102 valence electrons. The van der Waals surface area contributed by atoms with Gasteiger partial charge in [-0.1, -0.05) is 0 Å². The molecule has 0 saturated heterocycles. The quantitative estimate of drug-likeness (QED) is 0.706. The molecule has 0 bridgehead atoms. The third-order valence-corrected chi connectivity index (χ3v) is 2.67. The Labute approximate surface area is 110 Å². The first-order valence-corrected chi connectivity index (χ1v) is 5.58. The molecule has 20 heavy (non-hydrogen) atoms. The highest BCUT2D eigenvalue weighted by atomic mass is 19.2. The Balaban J connectivity index is 2.02. The molecule has 1 aromatic heterocycles. The third kappa shape index (κ3) is 2.09. The van der Waals surface area contributed by atoms with Crippen LogP contribution in [0.5, 0.6) is 11.5 Å². The molecule has 0 spiro atoms. The molecule has 0 aliphatic heterocycles. The molecule has 0 atom stereocenters. The van der Waals surface area contributed by atoms with Crippen molar-refractivity contribution >= 4 is 16.8 Å². The predicted octanol–water partition coefficient (Wildman–Crippen LogP) is 2.77. The lowest BCUT2D eigenvalue weighted by atomic mass is 10.2. The number of nitrogen functional groups attached to an aromatic ring is 1. The zero-order valence-electron chi connectivity index (χ0n) is 9.94. The van der Waals surface area contributed by atoms with E-state index in [1.165, 1.54) is 18.2 Å². The fourth-order valence-corrected chi connectivity index (χ4v) is 1.75. The topological polar surface area (TPSA) is 81.2 Å². The van der Waals surface area contributed by atoms with Crippen LogP contribution >= 0.6 is 0 Å². The summed E-state index contributed by atoms with van der Waals surface area (Å²) in [4.78, 5) is 13.5. The maximum Gasteiger partial charge on any atom is 0.417 e. The molecule has 3 rings (SSSR count). The number of aromatic nitrogens is 1. The lowest BCUT2D eigenvalue weighted by molar-refractivity contribution is 0.463. The summed E-state index contributed by atoms with van der Waals surface area (Å²) >= 11 is 0. The van der Waals surface area contributed by atoms with Gasteiger partial charge in [0.15, 0.2) is 23.0 Å². The molecule has 0 aliphatic rings. The Morgan fingerprint density at radius 3 is 2.70 bits per heavy atom. The van der Waals surface area contributed by atoms with Crippen LogP contribution in [0.2, 0.25) is 0 Å². The molecular weight excluding hydrogens is 270 g/mol. The molecule has 5 nitrogen and oxygen atoms in total. The van der Waals surface area contributed by atoms with Gasteiger partial charge in [0.2, 0.25) is 0 Å². The van der Waals surface area contributed by atoms with E-state index in [0.29, 0.717) is 5.52 Å². The van der Waals surface area contributed by atoms with Crippen molar-refractivity contribution in [3.63, 3.8) is 0 Å². The Morgan fingerprint density at radius 2 is 1.95 bits per heavy atom. The van der Waals surface area contributed by atoms with E-state index in [1.807, 2.05) is 0 Å². The number of fused-ring (bicyclic) bond motifs is 1. The average Bonchev–Trinajstić information content (AvgIpc) is 2.73. The second-order valence-electron chi connectivity index (χ2n) is 4.08. The lowest BCUT2D eigenvalue weighted by Gasteiger charge is -2.08. The molecule has 0 fully saturated rings. The predicted molar refractivity (Wildman–Crippen MR) is 67.7 cm³/mol. The number of aromatic amines is 1. The van der Waals surface area contributed by atoms with Crippen molar-refractivity contribution in [1.82, 2.24) is 4.98 Å². The van der Waals surface area contributed by atoms with E-state index >= 15 is 0 Å². The Hall–Kier alpha value is -2.83. The van der Waals surface area contributed by atoms with Crippen LogP contribution < -0.4 is 16.2 Å². The van der Waals surface area contributed by atoms with Gasteiger partial charge in [0.05, 0.1) is 11.2 Å². The van der Waals surface area contributed by atoms with Crippen molar-refractivity contribution in [3.8, 4) is 11.5 Å². The van der Waals surface area contributed by atoms with E-state index < -0.39 is 17.4 Å². The second-order valence-corrected chi connectivity index (χ2v) is 4.08. The molecule has 0 aliphatic carbocycles. The molecule has 1 heterocycles. The monoisotopic (exact) mass is 278 g/mol. The summed E-state index contributed by atoms with van der Waals surface area (Å²) in [5.74, 6) is -2.34. The van der Waals surface area contributed by atoms with E-state index in [4.69, 9.17) is 14.9 Å². The third-order valence-electron chi connectivity index (χ3n) is 2.67. The van der Waals surface area contributed by atoms with Crippen LogP contribution in [0, 0.1) is 11.6 Å². The first-order valence-electron chi connectivity index (χ1n) is 5.58.